The van der Waals surface area contributed by atoms with Gasteiger partial charge in [0.2, 0.25) is 11.3 Å². The zero-order valence-corrected chi connectivity index (χ0v) is 17.2. The number of benzene rings is 1. The molecule has 1 aliphatic carbocycles. The fourth-order valence-corrected chi connectivity index (χ4v) is 4.95. The van der Waals surface area contributed by atoms with Crippen LogP contribution in [0, 0.1) is 11.8 Å². The smallest absolute Gasteiger partial charge is 0.259 e. The molecule has 2 amide bonds. The van der Waals surface area contributed by atoms with Crippen LogP contribution in [0.5, 0.6) is 0 Å². The number of hydrogen-bond donors (Lipinski definition) is 2. The predicted octanol–water partition coefficient (Wildman–Crippen LogP) is 2.18. The van der Waals surface area contributed by atoms with Gasteiger partial charge in [-0.05, 0) is 42.9 Å². The van der Waals surface area contributed by atoms with Gasteiger partial charge in [0.1, 0.15) is 5.56 Å². The number of nitrogens with zero attached hydrogens (tertiary/aromatic N) is 1. The number of aromatic nitrogens is 1. The minimum atomic E-state index is -0.291. The van der Waals surface area contributed by atoms with Crippen molar-refractivity contribution in [3.8, 4) is 0 Å². The first-order valence-corrected chi connectivity index (χ1v) is 10.1. The van der Waals surface area contributed by atoms with Crippen molar-refractivity contribution in [3.63, 3.8) is 0 Å². The van der Waals surface area contributed by atoms with Gasteiger partial charge in [0.05, 0.1) is 17.7 Å². The van der Waals surface area contributed by atoms with Crippen LogP contribution in [0.1, 0.15) is 30.1 Å². The van der Waals surface area contributed by atoms with Gasteiger partial charge in [-0.1, -0.05) is 11.6 Å². The number of pyridine rings is 1. The molecule has 1 saturated heterocycles. The Morgan fingerprint density at radius 1 is 1.24 bits per heavy atom. The Kier molecular flexibility index (Phi) is 5.36. The first-order valence-electron chi connectivity index (χ1n) is 9.77. The molecule has 0 bridgehead atoms. The number of methoxy groups -OCH3 is 1. The molecule has 0 spiro atoms. The third-order valence-corrected chi connectivity index (χ3v) is 6.40. The Labute approximate surface area is 173 Å². The number of likely N-dealkylation sites (tertiary alicyclic amines) is 1. The molecule has 4 atom stereocenters. The maximum atomic E-state index is 13.1. The van der Waals surface area contributed by atoms with Crippen molar-refractivity contribution in [1.82, 2.24) is 15.2 Å². The van der Waals surface area contributed by atoms with E-state index in [-0.39, 0.29) is 40.9 Å². The summed E-state index contributed by atoms with van der Waals surface area (Å²) in [5, 5.41) is 3.94. The molecule has 8 heteroatoms. The highest BCUT2D eigenvalue weighted by Crippen LogP contribution is 2.38. The van der Waals surface area contributed by atoms with E-state index in [1.807, 2.05) is 0 Å². The van der Waals surface area contributed by atoms with E-state index in [0.29, 0.717) is 34.9 Å². The van der Waals surface area contributed by atoms with Crippen molar-refractivity contribution >= 4 is 34.3 Å². The van der Waals surface area contributed by atoms with Gasteiger partial charge in [0.25, 0.3) is 5.91 Å². The summed E-state index contributed by atoms with van der Waals surface area (Å²) in [6.45, 7) is 2.67. The summed E-state index contributed by atoms with van der Waals surface area (Å²) < 4.78 is 5.59. The van der Waals surface area contributed by atoms with E-state index in [1.54, 1.807) is 30.2 Å². The molecule has 0 unspecified atom stereocenters. The number of hydrogen-bond acceptors (Lipinski definition) is 4. The van der Waals surface area contributed by atoms with E-state index in [4.69, 9.17) is 16.3 Å². The van der Waals surface area contributed by atoms with E-state index in [0.717, 1.165) is 12.8 Å². The third kappa shape index (κ3) is 3.76. The first kappa shape index (κ1) is 19.9. The number of ether oxygens (including phenoxy) is 1. The minimum Gasteiger partial charge on any atom is -0.379 e. The standard InChI is InChI=1S/C21H24ClN3O4/c1-11(26)24-18-5-12-9-25(10-13(12)6-19(18)29-2)21(28)16-8-23-17-7-14(22)3-4-15(17)20(16)27/h3-4,7-8,12-13,18-19H,5-6,9-10H2,1-2H3,(H,23,27)(H,24,26)/t12-,13+,18-,19-/m1/s1. The van der Waals surface area contributed by atoms with Crippen LogP contribution < -0.4 is 10.7 Å². The van der Waals surface area contributed by atoms with Gasteiger partial charge in [0.15, 0.2) is 0 Å². The van der Waals surface area contributed by atoms with Crippen LogP contribution in [-0.2, 0) is 9.53 Å². The van der Waals surface area contributed by atoms with Crippen molar-refractivity contribution in [3.05, 3.63) is 45.2 Å². The van der Waals surface area contributed by atoms with E-state index in [9.17, 15) is 14.4 Å². The number of nitrogens with one attached hydrogen (secondary N) is 2. The lowest BCUT2D eigenvalue weighted by atomic mass is 9.77. The summed E-state index contributed by atoms with van der Waals surface area (Å²) >= 11 is 5.98. The van der Waals surface area contributed by atoms with Crippen molar-refractivity contribution < 1.29 is 14.3 Å². The molecule has 1 aromatic heterocycles. The average molecular weight is 418 g/mol. The Bertz CT molecular complexity index is 1020. The summed E-state index contributed by atoms with van der Waals surface area (Å²) in [6, 6.07) is 4.90. The zero-order chi connectivity index (χ0) is 20.7. The second-order valence-electron chi connectivity index (χ2n) is 8.00. The highest BCUT2D eigenvalue weighted by molar-refractivity contribution is 6.31. The Hall–Kier alpha value is -2.38. The summed E-state index contributed by atoms with van der Waals surface area (Å²) in [4.78, 5) is 42.2. The summed E-state index contributed by atoms with van der Waals surface area (Å²) in [6.07, 6.45) is 2.95. The molecule has 29 heavy (non-hydrogen) atoms. The predicted molar refractivity (Wildman–Crippen MR) is 110 cm³/mol. The number of halogens is 1. The van der Waals surface area contributed by atoms with Crippen LogP contribution in [-0.4, -0.2) is 54.0 Å². The van der Waals surface area contributed by atoms with Gasteiger partial charge < -0.3 is 19.9 Å². The molecule has 2 aromatic rings. The molecule has 1 aliphatic heterocycles. The number of rotatable bonds is 3. The highest BCUT2D eigenvalue weighted by atomic mass is 35.5. The number of H-pyrrole nitrogens is 1. The number of fused-ring (bicyclic) bond motifs is 2. The van der Waals surface area contributed by atoms with Crippen molar-refractivity contribution in [2.45, 2.75) is 31.9 Å². The van der Waals surface area contributed by atoms with Gasteiger partial charge in [-0.3, -0.25) is 14.4 Å². The third-order valence-electron chi connectivity index (χ3n) is 6.17. The monoisotopic (exact) mass is 417 g/mol. The van der Waals surface area contributed by atoms with Gasteiger partial charge in [-0.15, -0.1) is 0 Å². The molecular weight excluding hydrogens is 394 g/mol. The lowest BCUT2D eigenvalue weighted by Gasteiger charge is -2.37. The SMILES string of the molecule is CO[C@@H]1C[C@H]2CN(C(=O)c3c[nH]c4cc(Cl)ccc4c3=O)C[C@H]2C[C@H]1NC(C)=O. The lowest BCUT2D eigenvalue weighted by molar-refractivity contribution is -0.121. The molecule has 7 nitrogen and oxygen atoms in total. The molecule has 2 N–H and O–H groups in total. The Morgan fingerprint density at radius 2 is 1.97 bits per heavy atom. The summed E-state index contributed by atoms with van der Waals surface area (Å²) in [5.74, 6) is 0.236. The second kappa shape index (κ2) is 7.80. The van der Waals surface area contributed by atoms with Gasteiger partial charge in [-0.2, -0.15) is 0 Å². The quantitative estimate of drug-likeness (QED) is 0.800. The molecule has 2 aliphatic rings. The van der Waals surface area contributed by atoms with Crippen LogP contribution >= 0.6 is 11.6 Å². The normalized spacial score (nSPS) is 26.4. The molecule has 0 radical (unpaired) electrons. The first-order chi connectivity index (χ1) is 13.9. The van der Waals surface area contributed by atoms with Crippen LogP contribution in [0.15, 0.2) is 29.2 Å². The van der Waals surface area contributed by atoms with E-state index >= 15 is 0 Å². The number of aromatic amines is 1. The molecule has 4 rings (SSSR count). The Morgan fingerprint density at radius 3 is 2.66 bits per heavy atom. The van der Waals surface area contributed by atoms with Gasteiger partial charge in [-0.25, -0.2) is 0 Å². The molecule has 2 heterocycles. The lowest BCUT2D eigenvalue weighted by Crippen LogP contribution is -2.49. The topological polar surface area (TPSA) is 91.5 Å². The number of amides is 2. The fraction of sp³-hybridized carbons (Fsp3) is 0.476. The largest absolute Gasteiger partial charge is 0.379 e. The van der Waals surface area contributed by atoms with Crippen LogP contribution in [0.2, 0.25) is 5.02 Å². The van der Waals surface area contributed by atoms with Gasteiger partial charge >= 0.3 is 0 Å². The maximum Gasteiger partial charge on any atom is 0.259 e. The number of carbonyl (C=O) groups excluding carboxylic acids is 2. The second-order valence-corrected chi connectivity index (χ2v) is 8.44. The highest BCUT2D eigenvalue weighted by Gasteiger charge is 2.44. The molecule has 1 saturated carbocycles. The van der Waals surface area contributed by atoms with Crippen molar-refractivity contribution in [2.75, 3.05) is 20.2 Å². The van der Waals surface area contributed by atoms with Crippen molar-refractivity contribution in [2.24, 2.45) is 11.8 Å². The van der Waals surface area contributed by atoms with Gasteiger partial charge in [0, 0.05) is 43.7 Å². The van der Waals surface area contributed by atoms with E-state index in [1.165, 1.54) is 13.1 Å². The molecule has 154 valence electrons. The number of carbonyl (C=O) groups is 2. The summed E-state index contributed by atoms with van der Waals surface area (Å²) in [5.41, 5.74) is 0.455. The van der Waals surface area contributed by atoms with Crippen LogP contribution in [0.25, 0.3) is 10.9 Å². The Balaban J connectivity index is 1.55. The van der Waals surface area contributed by atoms with Crippen molar-refractivity contribution in [1.29, 1.82) is 0 Å². The molecule has 2 fully saturated rings. The fourth-order valence-electron chi connectivity index (χ4n) is 4.78. The molecular formula is C21H24ClN3O4. The summed E-state index contributed by atoms with van der Waals surface area (Å²) in [7, 11) is 1.65. The van der Waals surface area contributed by atoms with Crippen LogP contribution in [0.4, 0.5) is 0 Å². The minimum absolute atomic E-state index is 0.0531. The maximum absolute atomic E-state index is 13.1. The van der Waals surface area contributed by atoms with Crippen LogP contribution in [0.3, 0.4) is 0 Å². The average Bonchev–Trinajstić information content (AvgIpc) is 3.09. The van der Waals surface area contributed by atoms with E-state index in [2.05, 4.69) is 10.3 Å². The zero-order valence-electron chi connectivity index (χ0n) is 16.4. The molecule has 1 aromatic carbocycles. The van der Waals surface area contributed by atoms with E-state index < -0.39 is 0 Å².